The van der Waals surface area contributed by atoms with Crippen molar-refractivity contribution in [2.24, 2.45) is 0 Å². The Kier molecular flexibility index (Phi) is 4.20. The highest BCUT2D eigenvalue weighted by atomic mass is 32.2. The number of hydrogen-bond acceptors (Lipinski definition) is 4. The SMILES string of the molecule is CCCS(=O)c1ccc(-c2nc3ncccc3[nH]2)c(OC)c1. The van der Waals surface area contributed by atoms with Gasteiger partial charge in [0.05, 0.1) is 29.0 Å². The lowest BCUT2D eigenvalue weighted by Crippen LogP contribution is -1.98. The second-order valence-electron chi connectivity index (χ2n) is 4.87. The Morgan fingerprint density at radius 3 is 2.91 bits per heavy atom. The second-order valence-corrected chi connectivity index (χ2v) is 6.44. The summed E-state index contributed by atoms with van der Waals surface area (Å²) in [6.45, 7) is 2.02. The number of pyridine rings is 1. The molecule has 0 aliphatic carbocycles. The third-order valence-electron chi connectivity index (χ3n) is 3.34. The molecule has 3 rings (SSSR count). The van der Waals surface area contributed by atoms with E-state index in [2.05, 4.69) is 15.0 Å². The van der Waals surface area contributed by atoms with Crippen molar-refractivity contribution < 1.29 is 8.95 Å². The Labute approximate surface area is 131 Å². The smallest absolute Gasteiger partial charge is 0.178 e. The fraction of sp³-hybridized carbons (Fsp3) is 0.250. The number of H-pyrrole nitrogens is 1. The van der Waals surface area contributed by atoms with E-state index in [1.807, 2.05) is 37.3 Å². The summed E-state index contributed by atoms with van der Waals surface area (Å²) in [5.74, 6) is 2.00. The first-order chi connectivity index (χ1) is 10.7. The number of hydrogen-bond donors (Lipinski definition) is 1. The topological polar surface area (TPSA) is 67.9 Å². The van der Waals surface area contributed by atoms with E-state index in [0.29, 0.717) is 23.0 Å². The maximum atomic E-state index is 12.1. The molecule has 0 aliphatic rings. The van der Waals surface area contributed by atoms with Crippen LogP contribution in [0.3, 0.4) is 0 Å². The van der Waals surface area contributed by atoms with Crippen LogP contribution >= 0.6 is 0 Å². The van der Waals surface area contributed by atoms with Gasteiger partial charge in [0, 0.05) is 16.8 Å². The lowest BCUT2D eigenvalue weighted by atomic mass is 10.2. The van der Waals surface area contributed by atoms with Crippen molar-refractivity contribution in [3.8, 4) is 17.1 Å². The van der Waals surface area contributed by atoms with Crippen molar-refractivity contribution in [2.45, 2.75) is 18.2 Å². The molecule has 22 heavy (non-hydrogen) atoms. The van der Waals surface area contributed by atoms with Crippen LogP contribution in [0.2, 0.25) is 0 Å². The van der Waals surface area contributed by atoms with Crippen molar-refractivity contribution in [3.05, 3.63) is 36.5 Å². The number of fused-ring (bicyclic) bond motifs is 1. The molecule has 0 radical (unpaired) electrons. The predicted octanol–water partition coefficient (Wildman–Crippen LogP) is 3.15. The molecule has 0 amide bonds. The summed E-state index contributed by atoms with van der Waals surface area (Å²) < 4.78 is 17.6. The molecule has 0 spiro atoms. The molecule has 1 unspecified atom stereocenters. The molecule has 0 saturated heterocycles. The number of rotatable bonds is 5. The highest BCUT2D eigenvalue weighted by Gasteiger charge is 2.13. The van der Waals surface area contributed by atoms with Gasteiger partial charge in [-0.05, 0) is 36.8 Å². The zero-order chi connectivity index (χ0) is 15.5. The molecule has 3 aromatic rings. The van der Waals surface area contributed by atoms with E-state index in [-0.39, 0.29) is 0 Å². The van der Waals surface area contributed by atoms with Gasteiger partial charge in [0.1, 0.15) is 11.6 Å². The first-order valence-corrected chi connectivity index (χ1v) is 8.42. The fourth-order valence-electron chi connectivity index (χ4n) is 2.28. The third kappa shape index (κ3) is 2.74. The monoisotopic (exact) mass is 315 g/mol. The zero-order valence-corrected chi connectivity index (χ0v) is 13.3. The van der Waals surface area contributed by atoms with Crippen molar-refractivity contribution in [1.82, 2.24) is 15.0 Å². The normalized spacial score (nSPS) is 12.5. The first kappa shape index (κ1) is 14.7. The third-order valence-corrected chi connectivity index (χ3v) is 4.90. The molecule has 114 valence electrons. The average Bonchev–Trinajstić information content (AvgIpc) is 2.98. The highest BCUT2D eigenvalue weighted by molar-refractivity contribution is 7.85. The predicted molar refractivity (Wildman–Crippen MR) is 87.4 cm³/mol. The molecule has 1 atom stereocenters. The Morgan fingerprint density at radius 2 is 2.18 bits per heavy atom. The summed E-state index contributed by atoms with van der Waals surface area (Å²) >= 11 is 0. The zero-order valence-electron chi connectivity index (χ0n) is 12.5. The van der Waals surface area contributed by atoms with Crippen LogP contribution in [-0.4, -0.2) is 32.0 Å². The minimum Gasteiger partial charge on any atom is -0.496 e. The minimum absolute atomic E-state index is 0.650. The molecule has 6 heteroatoms. The van der Waals surface area contributed by atoms with Gasteiger partial charge in [0.25, 0.3) is 0 Å². The Hall–Kier alpha value is -2.21. The van der Waals surface area contributed by atoms with Crippen molar-refractivity contribution in [3.63, 3.8) is 0 Å². The molecule has 0 saturated carbocycles. The number of ether oxygens (including phenoxy) is 1. The van der Waals surface area contributed by atoms with Gasteiger partial charge in [-0.1, -0.05) is 6.92 Å². The Balaban J connectivity index is 2.04. The Morgan fingerprint density at radius 1 is 1.32 bits per heavy atom. The molecule has 2 aromatic heterocycles. The lowest BCUT2D eigenvalue weighted by molar-refractivity contribution is 0.415. The van der Waals surface area contributed by atoms with Gasteiger partial charge < -0.3 is 9.72 Å². The second kappa shape index (κ2) is 6.27. The van der Waals surface area contributed by atoms with Crippen LogP contribution in [-0.2, 0) is 10.8 Å². The molecule has 5 nitrogen and oxygen atoms in total. The van der Waals surface area contributed by atoms with Gasteiger partial charge in [0.15, 0.2) is 5.65 Å². The summed E-state index contributed by atoms with van der Waals surface area (Å²) in [5.41, 5.74) is 2.37. The van der Waals surface area contributed by atoms with Crippen LogP contribution < -0.4 is 4.74 Å². The van der Waals surface area contributed by atoms with E-state index >= 15 is 0 Å². The minimum atomic E-state index is -0.998. The lowest BCUT2D eigenvalue weighted by Gasteiger charge is -2.08. The quantitative estimate of drug-likeness (QED) is 0.785. The van der Waals surface area contributed by atoms with Crippen LogP contribution in [0.5, 0.6) is 5.75 Å². The van der Waals surface area contributed by atoms with Gasteiger partial charge in [-0.15, -0.1) is 0 Å². The Bertz CT molecular complexity index is 796. The molecule has 0 fully saturated rings. The summed E-state index contributed by atoms with van der Waals surface area (Å²) in [6.07, 6.45) is 2.59. The van der Waals surface area contributed by atoms with Crippen LogP contribution in [0.1, 0.15) is 13.3 Å². The molecular weight excluding hydrogens is 298 g/mol. The summed E-state index contributed by atoms with van der Waals surface area (Å²) in [6, 6.07) is 9.36. The number of aromatic amines is 1. The number of nitrogens with one attached hydrogen (secondary N) is 1. The van der Waals surface area contributed by atoms with E-state index in [1.165, 1.54) is 0 Å². The molecule has 1 aromatic carbocycles. The molecular formula is C16H17N3O2S. The number of aromatic nitrogens is 3. The number of imidazole rings is 1. The van der Waals surface area contributed by atoms with E-state index in [4.69, 9.17) is 4.74 Å². The van der Waals surface area contributed by atoms with Gasteiger partial charge in [-0.2, -0.15) is 0 Å². The largest absolute Gasteiger partial charge is 0.496 e. The van der Waals surface area contributed by atoms with E-state index in [0.717, 1.165) is 22.4 Å². The molecule has 0 aliphatic heterocycles. The average molecular weight is 315 g/mol. The highest BCUT2D eigenvalue weighted by Crippen LogP contribution is 2.31. The summed E-state index contributed by atoms with van der Waals surface area (Å²) in [7, 11) is 0.606. The maximum Gasteiger partial charge on any atom is 0.178 e. The van der Waals surface area contributed by atoms with Gasteiger partial charge >= 0.3 is 0 Å². The first-order valence-electron chi connectivity index (χ1n) is 7.10. The number of benzene rings is 1. The van der Waals surface area contributed by atoms with Crippen LogP contribution in [0.4, 0.5) is 0 Å². The summed E-state index contributed by atoms with van der Waals surface area (Å²) in [4.78, 5) is 12.7. The van der Waals surface area contributed by atoms with E-state index < -0.39 is 10.8 Å². The van der Waals surface area contributed by atoms with Crippen LogP contribution in [0.25, 0.3) is 22.6 Å². The van der Waals surface area contributed by atoms with Crippen molar-refractivity contribution in [2.75, 3.05) is 12.9 Å². The molecule has 0 bridgehead atoms. The number of nitrogens with zero attached hydrogens (tertiary/aromatic N) is 2. The van der Waals surface area contributed by atoms with E-state index in [9.17, 15) is 4.21 Å². The van der Waals surface area contributed by atoms with Crippen molar-refractivity contribution in [1.29, 1.82) is 0 Å². The standard InChI is InChI=1S/C16H17N3O2S/c1-3-9-22(20)11-6-7-12(14(10-11)21-2)15-18-13-5-4-8-17-16(13)19-15/h4-8,10H,3,9H2,1-2H3,(H,17,18,19). The fourth-order valence-corrected chi connectivity index (χ4v) is 3.35. The maximum absolute atomic E-state index is 12.1. The van der Waals surface area contributed by atoms with Gasteiger partial charge in [-0.3, -0.25) is 4.21 Å². The summed E-state index contributed by atoms with van der Waals surface area (Å²) in [5, 5.41) is 0. The molecule has 1 N–H and O–H groups in total. The molecule has 2 heterocycles. The van der Waals surface area contributed by atoms with Crippen LogP contribution in [0.15, 0.2) is 41.4 Å². The number of methoxy groups -OCH3 is 1. The van der Waals surface area contributed by atoms with Gasteiger partial charge in [-0.25, -0.2) is 9.97 Å². The van der Waals surface area contributed by atoms with Crippen LogP contribution in [0, 0.1) is 0 Å². The van der Waals surface area contributed by atoms with Gasteiger partial charge in [0.2, 0.25) is 0 Å². The van der Waals surface area contributed by atoms with Crippen molar-refractivity contribution >= 4 is 22.0 Å². The van der Waals surface area contributed by atoms with E-state index in [1.54, 1.807) is 13.3 Å².